The lowest BCUT2D eigenvalue weighted by Crippen LogP contribution is -2.37. The molecule has 0 atom stereocenters. The zero-order valence-electron chi connectivity index (χ0n) is 13.4. The average molecular weight is 361 g/mol. The Bertz CT molecular complexity index is 778. The molecular weight excluding hydrogens is 344 g/mol. The molecule has 3 rings (SSSR count). The highest BCUT2D eigenvalue weighted by Gasteiger charge is 2.28. The molecule has 0 radical (unpaired) electrons. The van der Waals surface area contributed by atoms with Gasteiger partial charge in [-0.1, -0.05) is 11.6 Å². The number of halogens is 1. The van der Waals surface area contributed by atoms with Crippen LogP contribution in [0, 0.1) is 5.92 Å². The van der Waals surface area contributed by atoms with Crippen molar-refractivity contribution < 1.29 is 19.4 Å². The lowest BCUT2D eigenvalue weighted by molar-refractivity contribution is -0.137. The Morgan fingerprint density at radius 1 is 1.24 bits per heavy atom. The molecule has 1 heterocycles. The van der Waals surface area contributed by atoms with Crippen molar-refractivity contribution in [2.24, 2.45) is 5.92 Å². The molecule has 25 heavy (non-hydrogen) atoms. The Morgan fingerprint density at radius 2 is 1.96 bits per heavy atom. The van der Waals surface area contributed by atoms with Gasteiger partial charge in [0.05, 0.1) is 5.02 Å². The summed E-state index contributed by atoms with van der Waals surface area (Å²) in [6.45, 7) is 0.139. The van der Waals surface area contributed by atoms with Gasteiger partial charge in [0.15, 0.2) is 0 Å². The first-order chi connectivity index (χ1) is 12.0. The largest absolute Gasteiger partial charge is 0.480 e. The number of carboxylic acids is 1. The van der Waals surface area contributed by atoms with Crippen molar-refractivity contribution in [3.63, 3.8) is 0 Å². The van der Waals surface area contributed by atoms with E-state index < -0.39 is 5.97 Å². The lowest BCUT2D eigenvalue weighted by Gasteiger charge is -2.21. The fraction of sp³-hybridized carbons (Fsp3) is 0.278. The monoisotopic (exact) mass is 360 g/mol. The van der Waals surface area contributed by atoms with Crippen LogP contribution < -0.4 is 4.74 Å². The van der Waals surface area contributed by atoms with Gasteiger partial charge in [0.1, 0.15) is 18.0 Å². The van der Waals surface area contributed by atoms with Gasteiger partial charge in [-0.2, -0.15) is 0 Å². The number of hydrogen-bond donors (Lipinski definition) is 1. The summed E-state index contributed by atoms with van der Waals surface area (Å²) in [4.78, 5) is 28.9. The van der Waals surface area contributed by atoms with Crippen LogP contribution in [0.25, 0.3) is 0 Å². The number of carbonyl (C=O) groups is 2. The van der Waals surface area contributed by atoms with Crippen molar-refractivity contribution in [3.05, 3.63) is 53.3 Å². The van der Waals surface area contributed by atoms with Gasteiger partial charge in [0, 0.05) is 24.5 Å². The molecule has 0 spiro atoms. The van der Waals surface area contributed by atoms with E-state index in [1.54, 1.807) is 36.7 Å². The Kier molecular flexibility index (Phi) is 5.19. The Balaban J connectivity index is 1.75. The first-order valence-electron chi connectivity index (χ1n) is 7.91. The van der Waals surface area contributed by atoms with E-state index >= 15 is 0 Å². The summed E-state index contributed by atoms with van der Waals surface area (Å²) in [5.74, 6) is 0.0195. The molecular formula is C18H17ClN2O4. The molecule has 1 saturated carbocycles. The van der Waals surface area contributed by atoms with Crippen LogP contribution in [0.3, 0.4) is 0 Å². The fourth-order valence-electron chi connectivity index (χ4n) is 2.43. The molecule has 7 heteroatoms. The third-order valence-electron chi connectivity index (χ3n) is 3.85. The number of pyridine rings is 1. The predicted molar refractivity (Wildman–Crippen MR) is 92.0 cm³/mol. The van der Waals surface area contributed by atoms with Crippen molar-refractivity contribution in [2.75, 3.05) is 13.1 Å². The van der Waals surface area contributed by atoms with Gasteiger partial charge in [-0.3, -0.25) is 14.6 Å². The van der Waals surface area contributed by atoms with E-state index in [0.717, 1.165) is 12.8 Å². The second-order valence-corrected chi connectivity index (χ2v) is 6.36. The van der Waals surface area contributed by atoms with E-state index in [-0.39, 0.29) is 17.5 Å². The zero-order valence-corrected chi connectivity index (χ0v) is 14.1. The highest BCUT2D eigenvalue weighted by Crippen LogP contribution is 2.32. The molecule has 1 aliphatic rings. The number of carbonyl (C=O) groups excluding carboxylic acids is 1. The Morgan fingerprint density at radius 3 is 2.56 bits per heavy atom. The number of hydrogen-bond acceptors (Lipinski definition) is 4. The van der Waals surface area contributed by atoms with E-state index in [2.05, 4.69) is 4.98 Å². The molecule has 2 aromatic rings. The van der Waals surface area contributed by atoms with Crippen molar-refractivity contribution in [2.45, 2.75) is 12.8 Å². The number of amides is 1. The molecule has 0 saturated heterocycles. The number of carboxylic acid groups (broad SMARTS) is 1. The standard InChI is InChI=1S/C18H17ClN2O4/c19-15-9-13(3-4-16(15)25-14-5-7-20-8-6-14)18(24)21(11-17(22)23)10-12-1-2-12/h3-9,12H,1-2,10-11H2,(H,22,23). The highest BCUT2D eigenvalue weighted by molar-refractivity contribution is 6.32. The molecule has 0 aliphatic heterocycles. The van der Waals surface area contributed by atoms with Crippen molar-refractivity contribution in [3.8, 4) is 11.5 Å². The molecule has 130 valence electrons. The van der Waals surface area contributed by atoms with Gasteiger partial charge in [0.25, 0.3) is 5.91 Å². The van der Waals surface area contributed by atoms with Crippen LogP contribution in [0.4, 0.5) is 0 Å². The second-order valence-electron chi connectivity index (χ2n) is 5.95. The van der Waals surface area contributed by atoms with Crippen LogP contribution in [0.5, 0.6) is 11.5 Å². The number of rotatable bonds is 7. The predicted octanol–water partition coefficient (Wildman–Crippen LogP) is 3.46. The van der Waals surface area contributed by atoms with Crippen LogP contribution >= 0.6 is 11.6 Å². The first-order valence-corrected chi connectivity index (χ1v) is 8.29. The van der Waals surface area contributed by atoms with Crippen LogP contribution in [0.2, 0.25) is 5.02 Å². The summed E-state index contributed by atoms with van der Waals surface area (Å²) in [6.07, 6.45) is 5.26. The van der Waals surface area contributed by atoms with Gasteiger partial charge >= 0.3 is 5.97 Å². The van der Waals surface area contributed by atoms with Gasteiger partial charge in [-0.25, -0.2) is 0 Å². The topological polar surface area (TPSA) is 79.7 Å². The average Bonchev–Trinajstić information content (AvgIpc) is 3.40. The number of ether oxygens (including phenoxy) is 1. The molecule has 1 aromatic carbocycles. The summed E-state index contributed by atoms with van der Waals surface area (Å²) in [6, 6.07) is 8.08. The van der Waals surface area contributed by atoms with Crippen molar-refractivity contribution in [1.82, 2.24) is 9.88 Å². The second kappa shape index (κ2) is 7.53. The Hall–Kier alpha value is -2.60. The summed E-state index contributed by atoms with van der Waals surface area (Å²) in [5.41, 5.74) is 0.342. The summed E-state index contributed by atoms with van der Waals surface area (Å²) in [7, 11) is 0. The van der Waals surface area contributed by atoms with E-state index in [4.69, 9.17) is 21.4 Å². The van der Waals surface area contributed by atoms with Crippen molar-refractivity contribution >= 4 is 23.5 Å². The van der Waals surface area contributed by atoms with Gasteiger partial charge < -0.3 is 14.7 Å². The summed E-state index contributed by atoms with van der Waals surface area (Å²) < 4.78 is 5.65. The first kappa shape index (κ1) is 17.2. The van der Waals surface area contributed by atoms with Crippen molar-refractivity contribution in [1.29, 1.82) is 0 Å². The molecule has 1 aromatic heterocycles. The minimum Gasteiger partial charge on any atom is -0.480 e. The SMILES string of the molecule is O=C(O)CN(CC1CC1)C(=O)c1ccc(Oc2ccncc2)c(Cl)c1. The highest BCUT2D eigenvalue weighted by atomic mass is 35.5. The van der Waals surface area contributed by atoms with E-state index in [9.17, 15) is 9.59 Å². The maximum atomic E-state index is 12.6. The fourth-order valence-corrected chi connectivity index (χ4v) is 2.65. The third-order valence-corrected chi connectivity index (χ3v) is 4.14. The summed E-state index contributed by atoms with van der Waals surface area (Å²) in [5, 5.41) is 9.31. The number of aromatic nitrogens is 1. The lowest BCUT2D eigenvalue weighted by atomic mass is 10.1. The van der Waals surface area contributed by atoms with Crippen LogP contribution in [0.1, 0.15) is 23.2 Å². The molecule has 1 amide bonds. The molecule has 6 nitrogen and oxygen atoms in total. The number of nitrogens with zero attached hydrogens (tertiary/aromatic N) is 2. The Labute approximate surface area is 150 Å². The normalized spacial score (nSPS) is 13.3. The maximum absolute atomic E-state index is 12.6. The zero-order chi connectivity index (χ0) is 17.8. The van der Waals surface area contributed by atoms with Gasteiger partial charge in [-0.15, -0.1) is 0 Å². The van der Waals surface area contributed by atoms with Gasteiger partial charge in [0.2, 0.25) is 0 Å². The minimum atomic E-state index is -1.03. The van der Waals surface area contributed by atoms with Crippen LogP contribution in [-0.4, -0.2) is 40.0 Å². The number of aliphatic carboxylic acids is 1. The molecule has 1 aliphatic carbocycles. The van der Waals surface area contributed by atoms with Crippen LogP contribution in [-0.2, 0) is 4.79 Å². The van der Waals surface area contributed by atoms with Crippen LogP contribution in [0.15, 0.2) is 42.7 Å². The van der Waals surface area contributed by atoms with E-state index in [0.29, 0.717) is 29.5 Å². The molecule has 1 N–H and O–H groups in total. The third kappa shape index (κ3) is 4.70. The number of benzene rings is 1. The smallest absolute Gasteiger partial charge is 0.323 e. The van der Waals surface area contributed by atoms with Gasteiger partial charge in [-0.05, 0) is 49.1 Å². The summed E-state index contributed by atoms with van der Waals surface area (Å²) >= 11 is 6.22. The van der Waals surface area contributed by atoms with E-state index in [1.807, 2.05) is 0 Å². The maximum Gasteiger partial charge on any atom is 0.323 e. The van der Waals surface area contributed by atoms with E-state index in [1.165, 1.54) is 11.0 Å². The minimum absolute atomic E-state index is 0.282. The quantitative estimate of drug-likeness (QED) is 0.817. The molecule has 1 fully saturated rings. The molecule has 0 unspecified atom stereocenters. The molecule has 0 bridgehead atoms.